The summed E-state index contributed by atoms with van der Waals surface area (Å²) in [6, 6.07) is 20.9. The van der Waals surface area contributed by atoms with E-state index >= 15 is 0 Å². The SMILES string of the molecule is COc1ccc(COC(=O)C2=C(C[N+]3(CCNC(=O)c4cc(=O)c(OCc5ccc(OC)cc5)cn4C)CCCC3)CS[C@@H]3[C@H](NC(=O)C(=NO[C@@H](CC(=O)OC(C)(C)C)C(=O)OCc4ccc(OC)cc4)c4csc(NC(=O)OC(C)(C)C)n4)C(=O)N23)cc1. The first-order valence-corrected chi connectivity index (χ1v) is 30.8. The highest BCUT2D eigenvalue weighted by molar-refractivity contribution is 8.00. The van der Waals surface area contributed by atoms with Crippen molar-refractivity contribution in [2.24, 2.45) is 12.2 Å². The van der Waals surface area contributed by atoms with Gasteiger partial charge in [-0.15, -0.1) is 23.1 Å². The number of thiazole rings is 1. The fraction of sp³-hybridized carbons (Fsp3) is 0.429. The maximum Gasteiger partial charge on any atom is 0.413 e. The van der Waals surface area contributed by atoms with Gasteiger partial charge in [0.1, 0.15) is 83.3 Å². The van der Waals surface area contributed by atoms with Crippen LogP contribution in [0.2, 0.25) is 0 Å². The molecule has 90 heavy (non-hydrogen) atoms. The number of pyridine rings is 1. The molecule has 2 aromatic heterocycles. The van der Waals surface area contributed by atoms with Gasteiger partial charge in [-0.25, -0.2) is 19.4 Å². The Bertz CT molecular complexity index is 3550. The Balaban J connectivity index is 1.03. The van der Waals surface area contributed by atoms with E-state index in [0.29, 0.717) is 64.6 Å². The number of ether oxygens (including phenoxy) is 8. The molecule has 3 aromatic carbocycles. The fourth-order valence-electron chi connectivity index (χ4n) is 9.95. The number of anilines is 1. The van der Waals surface area contributed by atoms with Gasteiger partial charge in [0.2, 0.25) is 11.5 Å². The van der Waals surface area contributed by atoms with Gasteiger partial charge >= 0.3 is 24.0 Å². The third-order valence-electron chi connectivity index (χ3n) is 14.4. The van der Waals surface area contributed by atoms with E-state index in [2.05, 4.69) is 26.1 Å². The highest BCUT2D eigenvalue weighted by Gasteiger charge is 2.56. The average molecular weight is 1280 g/mol. The number of amides is 4. The lowest BCUT2D eigenvalue weighted by molar-refractivity contribution is -0.911. The highest BCUT2D eigenvalue weighted by Crippen LogP contribution is 2.42. The molecule has 3 aliphatic rings. The summed E-state index contributed by atoms with van der Waals surface area (Å²) in [6.07, 6.45) is -0.126. The average Bonchev–Trinajstić information content (AvgIpc) is 0.749. The molecule has 5 aromatic rings. The Labute approximate surface area is 528 Å². The van der Waals surface area contributed by atoms with Gasteiger partial charge in [0, 0.05) is 42.7 Å². The number of thioether (sulfide) groups is 1. The van der Waals surface area contributed by atoms with E-state index in [0.717, 1.165) is 29.7 Å². The zero-order valence-electron chi connectivity index (χ0n) is 51.9. The van der Waals surface area contributed by atoms with E-state index in [-0.39, 0.29) is 60.1 Å². The number of nitrogens with one attached hydrogen (secondary N) is 3. The Kier molecular flexibility index (Phi) is 22.0. The lowest BCUT2D eigenvalue weighted by atomic mass is 10.0. The highest BCUT2D eigenvalue weighted by atomic mass is 32.2. The molecule has 0 unspecified atom stereocenters. The Hall–Kier alpha value is -8.95. The van der Waals surface area contributed by atoms with E-state index in [4.69, 9.17) is 42.7 Å². The topological polar surface area (TPSA) is 289 Å². The standard InChI is InChI=1S/C63H74N8O17S2/c1-62(2,3)86-50(73)30-48(58(77)84-34-39-15-21-43(81-9)22-16-39)88-68-51(45-37-90-60(65-45)67-61(79)87-63(4,5)6)55(75)66-52-56(76)70-53(59(78)85-35-40-17-23-44(82-10)24-18-40)41(36-89-57(52)70)32-71(26-11-12-27-71)28-25-64-54(74)46-29-47(72)49(31-69(46)7)83-33-38-13-19-42(80-8)20-14-38/h13-24,29,31,37,48,52,57H,11-12,25-28,30,32-36H2,1-10H3,(H2-,64,65,66,67,74,75,79)/p+1/t48-,52+,57+/m0/s1. The molecule has 3 aliphatic heterocycles. The number of oxime groups is 1. The number of rotatable bonds is 26. The van der Waals surface area contributed by atoms with Gasteiger partial charge in [-0.2, -0.15) is 0 Å². The van der Waals surface area contributed by atoms with Gasteiger partial charge in [-0.05, 0) is 94.6 Å². The zero-order chi connectivity index (χ0) is 64.9. The molecule has 4 amide bonds. The van der Waals surface area contributed by atoms with Crippen molar-refractivity contribution in [1.29, 1.82) is 0 Å². The van der Waals surface area contributed by atoms with E-state index in [9.17, 15) is 38.4 Å². The molecule has 480 valence electrons. The van der Waals surface area contributed by atoms with Crippen LogP contribution in [0.1, 0.15) is 93.7 Å². The van der Waals surface area contributed by atoms with E-state index in [1.165, 1.54) is 53.1 Å². The number of aryl methyl sites for hydroxylation is 1. The van der Waals surface area contributed by atoms with Crippen LogP contribution < -0.4 is 40.3 Å². The molecule has 0 spiro atoms. The zero-order valence-corrected chi connectivity index (χ0v) is 53.5. The minimum Gasteiger partial charge on any atom is -0.497 e. The van der Waals surface area contributed by atoms with Crippen molar-refractivity contribution in [2.75, 3.05) is 65.1 Å². The lowest BCUT2D eigenvalue weighted by Crippen LogP contribution is -2.71. The first-order valence-electron chi connectivity index (χ1n) is 28.9. The van der Waals surface area contributed by atoms with Crippen LogP contribution in [0.15, 0.2) is 112 Å². The summed E-state index contributed by atoms with van der Waals surface area (Å²) >= 11 is 2.21. The third-order valence-corrected chi connectivity index (χ3v) is 16.5. The van der Waals surface area contributed by atoms with Crippen molar-refractivity contribution in [3.63, 3.8) is 0 Å². The number of hydrogen-bond donors (Lipinski definition) is 3. The number of nitrogens with zero attached hydrogens (tertiary/aromatic N) is 5. The molecular formula is C63H75N8O17S2+. The van der Waals surface area contributed by atoms with Crippen molar-refractivity contribution in [2.45, 2.75) is 109 Å². The summed E-state index contributed by atoms with van der Waals surface area (Å²) in [7, 11) is 6.26. The van der Waals surface area contributed by atoms with Gasteiger partial charge in [0.25, 0.3) is 17.7 Å². The van der Waals surface area contributed by atoms with Crippen molar-refractivity contribution < 1.29 is 80.8 Å². The first-order chi connectivity index (χ1) is 42.8. The number of carbonyl (C=O) groups excluding carboxylic acids is 7. The third kappa shape index (κ3) is 17.9. The number of fused-ring (bicyclic) bond motifs is 1. The predicted molar refractivity (Wildman–Crippen MR) is 332 cm³/mol. The predicted octanol–water partition coefficient (Wildman–Crippen LogP) is 6.80. The molecule has 0 bridgehead atoms. The van der Waals surface area contributed by atoms with Gasteiger partial charge in [-0.1, -0.05) is 41.6 Å². The number of methoxy groups -OCH3 is 3. The van der Waals surface area contributed by atoms with Gasteiger partial charge in [-0.3, -0.25) is 34.2 Å². The molecule has 8 rings (SSSR count). The van der Waals surface area contributed by atoms with Crippen LogP contribution in [-0.4, -0.2) is 155 Å². The van der Waals surface area contributed by atoms with Crippen molar-refractivity contribution in [3.05, 3.63) is 140 Å². The Morgan fingerprint density at radius 3 is 1.93 bits per heavy atom. The van der Waals surface area contributed by atoms with Crippen LogP contribution >= 0.6 is 23.1 Å². The maximum absolute atomic E-state index is 14.7. The Morgan fingerprint density at radius 1 is 0.778 bits per heavy atom. The van der Waals surface area contributed by atoms with Gasteiger partial charge in [0.15, 0.2) is 16.6 Å². The minimum absolute atomic E-state index is 0.0148. The van der Waals surface area contributed by atoms with Crippen LogP contribution in [-0.2, 0) is 74.6 Å². The monoisotopic (exact) mass is 1280 g/mol. The second-order valence-corrected chi connectivity index (χ2v) is 25.4. The van der Waals surface area contributed by atoms with Crippen LogP contribution in [0.5, 0.6) is 23.0 Å². The van der Waals surface area contributed by atoms with Crippen LogP contribution in [0.4, 0.5) is 9.93 Å². The van der Waals surface area contributed by atoms with Gasteiger partial charge in [0.05, 0.1) is 60.1 Å². The molecule has 25 nitrogen and oxygen atoms in total. The van der Waals surface area contributed by atoms with Crippen LogP contribution in [0.3, 0.4) is 0 Å². The normalized spacial score (nSPS) is 16.5. The van der Waals surface area contributed by atoms with E-state index < -0.39 is 88.0 Å². The van der Waals surface area contributed by atoms with E-state index in [1.807, 2.05) is 12.1 Å². The molecule has 27 heteroatoms. The van der Waals surface area contributed by atoms with Crippen molar-refractivity contribution >= 4 is 75.7 Å². The quantitative estimate of drug-likeness (QED) is 0.0128. The molecule has 0 aliphatic carbocycles. The molecule has 2 saturated heterocycles. The molecule has 0 radical (unpaired) electrons. The maximum atomic E-state index is 14.7. The number of quaternary nitrogens is 1. The van der Waals surface area contributed by atoms with E-state index in [1.54, 1.807) is 116 Å². The van der Waals surface area contributed by atoms with Crippen molar-refractivity contribution in [3.8, 4) is 23.0 Å². The number of hydrogen-bond acceptors (Lipinski definition) is 21. The molecule has 0 saturated carbocycles. The fourth-order valence-corrected chi connectivity index (χ4v) is 12.0. The number of benzene rings is 3. The van der Waals surface area contributed by atoms with Gasteiger partial charge < -0.3 is 62.4 Å². The summed E-state index contributed by atoms with van der Waals surface area (Å²) < 4.78 is 46.0. The van der Waals surface area contributed by atoms with Crippen LogP contribution in [0.25, 0.3) is 0 Å². The molecular weight excluding hydrogens is 1200 g/mol. The number of likely N-dealkylation sites (tertiary alicyclic amines) is 1. The lowest BCUT2D eigenvalue weighted by Gasteiger charge is -2.50. The summed E-state index contributed by atoms with van der Waals surface area (Å²) in [4.78, 5) is 122. The smallest absolute Gasteiger partial charge is 0.413 e. The summed E-state index contributed by atoms with van der Waals surface area (Å²) in [6.45, 7) is 12.0. The summed E-state index contributed by atoms with van der Waals surface area (Å²) in [5, 5.41) is 12.9. The molecule has 2 fully saturated rings. The summed E-state index contributed by atoms with van der Waals surface area (Å²) in [5.41, 5.74) is -0.207. The molecule has 5 heterocycles. The number of aromatic nitrogens is 2. The summed E-state index contributed by atoms with van der Waals surface area (Å²) in [5.74, 6) is -2.64. The van der Waals surface area contributed by atoms with Crippen molar-refractivity contribution in [1.82, 2.24) is 25.1 Å². The second-order valence-electron chi connectivity index (χ2n) is 23.5. The van der Waals surface area contributed by atoms with Crippen LogP contribution in [0, 0.1) is 0 Å². The first kappa shape index (κ1) is 67.0. The molecule has 3 N–H and O–H groups in total. The second kappa shape index (κ2) is 29.6. The number of β-lactam (4-membered cyclic amide) rings is 1. The Morgan fingerprint density at radius 2 is 1.36 bits per heavy atom. The number of esters is 3. The minimum atomic E-state index is -1.77. The number of carbonyl (C=O) groups is 7. The largest absolute Gasteiger partial charge is 0.497 e. The molecule has 3 atom stereocenters.